The molecule has 0 bridgehead atoms. The van der Waals surface area contributed by atoms with E-state index in [0.717, 1.165) is 47.2 Å². The third kappa shape index (κ3) is 16.5. The third-order valence-electron chi connectivity index (χ3n) is 9.11. The van der Waals surface area contributed by atoms with E-state index in [2.05, 4.69) is 13.8 Å². The monoisotopic (exact) mass is 756 g/mol. The highest BCUT2D eigenvalue weighted by Gasteiger charge is 2.22. The molecule has 0 saturated heterocycles. The fourth-order valence-electron chi connectivity index (χ4n) is 6.26. The second kappa shape index (κ2) is 26.7. The smallest absolute Gasteiger partial charge is 0.306 e. The highest BCUT2D eigenvalue weighted by molar-refractivity contribution is 6.31. The second-order valence-electron chi connectivity index (χ2n) is 13.9. The van der Waals surface area contributed by atoms with Crippen LogP contribution in [0.2, 0.25) is 5.02 Å². The van der Waals surface area contributed by atoms with Crippen molar-refractivity contribution in [1.82, 2.24) is 0 Å². The molecule has 2 atom stereocenters. The first-order valence-electron chi connectivity index (χ1n) is 20.4. The first-order valence-corrected chi connectivity index (χ1v) is 20.7. The topological polar surface area (TPSA) is 89.5 Å². The third-order valence-corrected chi connectivity index (χ3v) is 9.35. The molecule has 0 aliphatic heterocycles. The van der Waals surface area contributed by atoms with Gasteiger partial charge in [0, 0.05) is 52.6 Å². The summed E-state index contributed by atoms with van der Waals surface area (Å²) in [7, 11) is 0. The lowest BCUT2D eigenvalue weighted by molar-refractivity contribution is -0.155. The molecular weight excluding hydrogens is 692 g/mol. The Morgan fingerprint density at radius 2 is 0.962 bits per heavy atom. The molecule has 0 spiro atoms. The summed E-state index contributed by atoms with van der Waals surface area (Å²) in [6.07, 6.45) is 15.0. The number of halogens is 1. The molecule has 3 rings (SSSR count). The van der Waals surface area contributed by atoms with Crippen LogP contribution >= 0.6 is 11.6 Å². The molecule has 0 aliphatic carbocycles. The molecule has 8 nitrogen and oxygen atoms in total. The van der Waals surface area contributed by atoms with Crippen LogP contribution in [-0.2, 0) is 28.5 Å². The molecule has 296 valence electrons. The van der Waals surface area contributed by atoms with Crippen LogP contribution in [0.25, 0.3) is 21.5 Å². The van der Waals surface area contributed by atoms with E-state index < -0.39 is 12.2 Å². The summed E-state index contributed by atoms with van der Waals surface area (Å²) < 4.78 is 36.8. The molecule has 0 N–H and O–H groups in total. The largest absolute Gasteiger partial charge is 0.488 e. The van der Waals surface area contributed by atoms with E-state index in [4.69, 9.17) is 40.0 Å². The molecule has 3 aromatic carbocycles. The van der Waals surface area contributed by atoms with Crippen molar-refractivity contribution in [2.24, 2.45) is 0 Å². The van der Waals surface area contributed by atoms with Crippen LogP contribution in [0.3, 0.4) is 0 Å². The molecule has 0 aliphatic rings. The van der Waals surface area contributed by atoms with Crippen molar-refractivity contribution in [2.75, 3.05) is 39.6 Å². The Bertz CT molecular complexity index is 1480. The van der Waals surface area contributed by atoms with Crippen molar-refractivity contribution in [3.05, 3.63) is 47.5 Å². The van der Waals surface area contributed by atoms with Gasteiger partial charge < -0.3 is 28.4 Å². The van der Waals surface area contributed by atoms with Gasteiger partial charge in [-0.2, -0.15) is 0 Å². The Morgan fingerprint density at radius 1 is 0.528 bits per heavy atom. The van der Waals surface area contributed by atoms with Gasteiger partial charge in [-0.15, -0.1) is 0 Å². The highest BCUT2D eigenvalue weighted by atomic mass is 35.5. The molecular formula is C44H65ClO8. The molecule has 53 heavy (non-hydrogen) atoms. The van der Waals surface area contributed by atoms with Crippen LogP contribution in [-0.4, -0.2) is 63.8 Å². The van der Waals surface area contributed by atoms with Gasteiger partial charge in [0.15, 0.2) is 12.2 Å². The van der Waals surface area contributed by atoms with Gasteiger partial charge >= 0.3 is 11.9 Å². The van der Waals surface area contributed by atoms with Crippen LogP contribution in [0.5, 0.6) is 11.5 Å². The molecule has 3 aromatic rings. The van der Waals surface area contributed by atoms with Gasteiger partial charge in [0.25, 0.3) is 0 Å². The van der Waals surface area contributed by atoms with Crippen LogP contribution in [0.4, 0.5) is 0 Å². The molecule has 0 heterocycles. The summed E-state index contributed by atoms with van der Waals surface area (Å²) in [6, 6.07) is 13.5. The zero-order chi connectivity index (χ0) is 38.1. The summed E-state index contributed by atoms with van der Waals surface area (Å²) in [5.41, 5.74) is 0. The van der Waals surface area contributed by atoms with E-state index >= 15 is 0 Å². The van der Waals surface area contributed by atoms with Gasteiger partial charge in [-0.05, 0) is 43.9 Å². The van der Waals surface area contributed by atoms with Crippen molar-refractivity contribution in [3.63, 3.8) is 0 Å². The molecule has 0 radical (unpaired) electrons. The molecule has 9 heteroatoms. The predicted octanol–water partition coefficient (Wildman–Crippen LogP) is 11.6. The minimum absolute atomic E-state index is 0.114. The number of carbonyl (C=O) groups excluding carboxylic acids is 2. The number of benzene rings is 3. The first kappa shape index (κ1) is 44.3. The lowest BCUT2D eigenvalue weighted by Crippen LogP contribution is -2.30. The standard InChI is InChI=1S/C44H65ClO8/c1-5-9-11-13-15-19-27-48-30-35(52-41(46)21-7-3)32-50-43-37-23-17-18-24-38(37)44(40-29-34(45)25-26-39(40)43)51-33-36(53-42(47)22-8-4)31-49-28-20-16-14-12-10-6-2/h17-18,23-26,29,35-36H,5-16,19-22,27-28,30-33H2,1-4H3. The Labute approximate surface area is 323 Å². The average molecular weight is 757 g/mol. The average Bonchev–Trinajstić information content (AvgIpc) is 3.14. The lowest BCUT2D eigenvalue weighted by Gasteiger charge is -2.23. The van der Waals surface area contributed by atoms with Crippen LogP contribution < -0.4 is 9.47 Å². The normalized spacial score (nSPS) is 12.5. The van der Waals surface area contributed by atoms with Crippen LogP contribution in [0.1, 0.15) is 130 Å². The Balaban J connectivity index is 1.80. The predicted molar refractivity (Wildman–Crippen MR) is 215 cm³/mol. The first-order chi connectivity index (χ1) is 25.9. The maximum Gasteiger partial charge on any atom is 0.306 e. The fraction of sp³-hybridized carbons (Fsp3) is 0.636. The number of rotatable bonds is 30. The van der Waals surface area contributed by atoms with E-state index in [-0.39, 0.29) is 38.4 Å². The van der Waals surface area contributed by atoms with Crippen LogP contribution in [0.15, 0.2) is 42.5 Å². The van der Waals surface area contributed by atoms with Gasteiger partial charge in [0.2, 0.25) is 0 Å². The summed E-state index contributed by atoms with van der Waals surface area (Å²) in [5, 5.41) is 3.77. The quantitative estimate of drug-likeness (QED) is 0.0377. The summed E-state index contributed by atoms with van der Waals surface area (Å²) >= 11 is 6.57. The molecule has 0 saturated carbocycles. The van der Waals surface area contributed by atoms with Crippen molar-refractivity contribution >= 4 is 45.1 Å². The Hall–Kier alpha value is -3.07. The van der Waals surface area contributed by atoms with Crippen molar-refractivity contribution < 1.29 is 38.0 Å². The molecule has 0 amide bonds. The number of hydrogen-bond donors (Lipinski definition) is 0. The number of carbonyl (C=O) groups is 2. The lowest BCUT2D eigenvalue weighted by atomic mass is 10.0. The Morgan fingerprint density at radius 3 is 1.43 bits per heavy atom. The minimum atomic E-state index is -0.576. The van der Waals surface area contributed by atoms with E-state index in [1.54, 1.807) is 0 Å². The highest BCUT2D eigenvalue weighted by Crippen LogP contribution is 2.44. The SMILES string of the molecule is CCCCCCCCOCC(COc1c2ccccc2c(OCC(COCCCCCCCC)OC(=O)CCC)c2cc(Cl)ccc12)OC(=O)CCC. The van der Waals surface area contributed by atoms with E-state index in [1.165, 1.54) is 51.4 Å². The Kier molecular flexibility index (Phi) is 22.3. The van der Waals surface area contributed by atoms with Gasteiger partial charge in [-0.3, -0.25) is 9.59 Å². The summed E-state index contributed by atoms with van der Waals surface area (Å²) in [6.45, 7) is 10.3. The summed E-state index contributed by atoms with van der Waals surface area (Å²) in [5.74, 6) is 0.724. The second-order valence-corrected chi connectivity index (χ2v) is 14.4. The number of ether oxygens (including phenoxy) is 6. The van der Waals surface area contributed by atoms with E-state index in [9.17, 15) is 9.59 Å². The van der Waals surface area contributed by atoms with Crippen LogP contribution in [0, 0.1) is 0 Å². The number of hydrogen-bond acceptors (Lipinski definition) is 8. The van der Waals surface area contributed by atoms with E-state index in [0.29, 0.717) is 55.4 Å². The maximum absolute atomic E-state index is 12.6. The molecule has 0 aromatic heterocycles. The maximum atomic E-state index is 12.6. The number of unbranched alkanes of at least 4 members (excludes halogenated alkanes) is 10. The van der Waals surface area contributed by atoms with Crippen molar-refractivity contribution in [2.45, 2.75) is 143 Å². The molecule has 2 unspecified atom stereocenters. The molecule has 0 fully saturated rings. The zero-order valence-corrected chi connectivity index (χ0v) is 33.7. The number of fused-ring (bicyclic) bond motifs is 2. The van der Waals surface area contributed by atoms with Gasteiger partial charge in [-0.25, -0.2) is 0 Å². The van der Waals surface area contributed by atoms with Gasteiger partial charge in [0.05, 0.1) is 13.2 Å². The number of esters is 2. The fourth-order valence-corrected chi connectivity index (χ4v) is 6.44. The van der Waals surface area contributed by atoms with E-state index in [1.807, 2.05) is 56.3 Å². The summed E-state index contributed by atoms with van der Waals surface area (Å²) in [4.78, 5) is 25.2. The van der Waals surface area contributed by atoms with Gasteiger partial charge in [-0.1, -0.05) is 128 Å². The van der Waals surface area contributed by atoms with Gasteiger partial charge in [0.1, 0.15) is 24.7 Å². The zero-order valence-electron chi connectivity index (χ0n) is 32.9. The minimum Gasteiger partial charge on any atom is -0.488 e. The van der Waals surface area contributed by atoms with Crippen molar-refractivity contribution in [1.29, 1.82) is 0 Å². The van der Waals surface area contributed by atoms with Crippen molar-refractivity contribution in [3.8, 4) is 11.5 Å².